The maximum atomic E-state index is 12.2. The number of rotatable bonds is 6. The number of amides is 1. The monoisotopic (exact) mass is 380 g/mol. The standard InChI is InChI=1S/C20H20N4O4/c1-20(2,19(27)28)12-22-18(26)17-16(25)8-13(9-21-17)14-10-23-24(11-14)15-6-4-3-5-7-15/h3-11,25H,12H2,1-2H3,(H,22,26)(H,27,28). The van der Waals surface area contributed by atoms with Crippen LogP contribution in [-0.2, 0) is 4.79 Å². The van der Waals surface area contributed by atoms with Crippen LogP contribution >= 0.6 is 0 Å². The Balaban J connectivity index is 1.77. The second kappa shape index (κ2) is 7.51. The van der Waals surface area contributed by atoms with Crippen molar-refractivity contribution in [3.63, 3.8) is 0 Å². The quantitative estimate of drug-likeness (QED) is 0.605. The predicted octanol–water partition coefficient (Wildman–Crippen LogP) is 2.48. The smallest absolute Gasteiger partial charge is 0.310 e. The van der Waals surface area contributed by atoms with E-state index in [2.05, 4.69) is 15.4 Å². The fourth-order valence-electron chi connectivity index (χ4n) is 2.44. The van der Waals surface area contributed by atoms with Crippen LogP contribution in [0.2, 0.25) is 0 Å². The van der Waals surface area contributed by atoms with Gasteiger partial charge in [-0.2, -0.15) is 5.10 Å². The Kier molecular flexibility index (Phi) is 5.12. The third-order valence-electron chi connectivity index (χ3n) is 4.29. The first-order valence-corrected chi connectivity index (χ1v) is 8.59. The van der Waals surface area contributed by atoms with Crippen LogP contribution in [0.25, 0.3) is 16.8 Å². The zero-order valence-corrected chi connectivity index (χ0v) is 15.5. The lowest BCUT2D eigenvalue weighted by Crippen LogP contribution is -2.39. The lowest BCUT2D eigenvalue weighted by molar-refractivity contribution is -0.146. The third-order valence-corrected chi connectivity index (χ3v) is 4.29. The van der Waals surface area contributed by atoms with E-state index in [0.717, 1.165) is 11.3 Å². The van der Waals surface area contributed by atoms with Crippen LogP contribution in [0, 0.1) is 5.41 Å². The molecule has 0 saturated heterocycles. The average molecular weight is 380 g/mol. The number of aliphatic carboxylic acids is 1. The molecule has 144 valence electrons. The van der Waals surface area contributed by atoms with E-state index in [1.807, 2.05) is 30.3 Å². The first-order valence-electron chi connectivity index (χ1n) is 8.59. The number of pyridine rings is 1. The molecule has 1 amide bonds. The van der Waals surface area contributed by atoms with Crippen molar-refractivity contribution in [2.24, 2.45) is 5.41 Å². The van der Waals surface area contributed by atoms with Gasteiger partial charge < -0.3 is 15.5 Å². The van der Waals surface area contributed by atoms with Crippen molar-refractivity contribution in [3.8, 4) is 22.6 Å². The van der Waals surface area contributed by atoms with E-state index in [-0.39, 0.29) is 18.0 Å². The molecule has 3 aromatic rings. The second-order valence-corrected chi connectivity index (χ2v) is 6.97. The van der Waals surface area contributed by atoms with Crippen molar-refractivity contribution in [2.45, 2.75) is 13.8 Å². The van der Waals surface area contributed by atoms with Gasteiger partial charge >= 0.3 is 5.97 Å². The highest BCUT2D eigenvalue weighted by molar-refractivity contribution is 5.95. The Morgan fingerprint density at radius 3 is 2.50 bits per heavy atom. The van der Waals surface area contributed by atoms with E-state index in [9.17, 15) is 14.7 Å². The van der Waals surface area contributed by atoms with E-state index in [4.69, 9.17) is 5.11 Å². The van der Waals surface area contributed by atoms with Gasteiger partial charge in [0.15, 0.2) is 5.69 Å². The molecule has 0 fully saturated rings. The largest absolute Gasteiger partial charge is 0.505 e. The number of para-hydroxylation sites is 1. The van der Waals surface area contributed by atoms with Crippen molar-refractivity contribution >= 4 is 11.9 Å². The van der Waals surface area contributed by atoms with Gasteiger partial charge in [0.1, 0.15) is 5.75 Å². The number of nitrogens with one attached hydrogen (secondary N) is 1. The molecule has 1 aromatic carbocycles. The topological polar surface area (TPSA) is 117 Å². The molecule has 0 bridgehead atoms. The highest BCUT2D eigenvalue weighted by Crippen LogP contribution is 2.25. The zero-order chi connectivity index (χ0) is 20.3. The van der Waals surface area contributed by atoms with Gasteiger partial charge in [0.05, 0.1) is 17.3 Å². The third kappa shape index (κ3) is 4.01. The molecule has 2 aromatic heterocycles. The van der Waals surface area contributed by atoms with E-state index >= 15 is 0 Å². The lowest BCUT2D eigenvalue weighted by Gasteiger charge is -2.19. The van der Waals surface area contributed by atoms with E-state index in [1.165, 1.54) is 26.1 Å². The molecule has 0 unspecified atom stereocenters. The van der Waals surface area contributed by atoms with Crippen LogP contribution in [-0.4, -0.2) is 43.4 Å². The van der Waals surface area contributed by atoms with E-state index < -0.39 is 17.3 Å². The Hall–Kier alpha value is -3.68. The Morgan fingerprint density at radius 1 is 1.14 bits per heavy atom. The van der Waals surface area contributed by atoms with Gasteiger partial charge in [-0.3, -0.25) is 9.59 Å². The molecule has 0 spiro atoms. The number of aromatic hydroxyl groups is 1. The zero-order valence-electron chi connectivity index (χ0n) is 15.5. The SMILES string of the molecule is CC(C)(CNC(=O)c1ncc(-c2cnn(-c3ccccc3)c2)cc1O)C(=O)O. The number of carbonyl (C=O) groups is 2. The highest BCUT2D eigenvalue weighted by atomic mass is 16.4. The summed E-state index contributed by atoms with van der Waals surface area (Å²) in [4.78, 5) is 27.4. The fourth-order valence-corrected chi connectivity index (χ4v) is 2.44. The van der Waals surface area contributed by atoms with Gasteiger partial charge in [-0.15, -0.1) is 0 Å². The maximum absolute atomic E-state index is 12.2. The highest BCUT2D eigenvalue weighted by Gasteiger charge is 2.28. The number of nitrogens with zero attached hydrogens (tertiary/aromatic N) is 3. The number of carboxylic acid groups (broad SMARTS) is 1. The Labute approximate surface area is 161 Å². The minimum absolute atomic E-state index is 0.0894. The molecule has 3 rings (SSSR count). The van der Waals surface area contributed by atoms with Gasteiger partial charge in [0, 0.05) is 30.1 Å². The summed E-state index contributed by atoms with van der Waals surface area (Å²) in [6, 6.07) is 11.0. The van der Waals surface area contributed by atoms with Crippen molar-refractivity contribution < 1.29 is 19.8 Å². The Morgan fingerprint density at radius 2 is 1.86 bits per heavy atom. The van der Waals surface area contributed by atoms with Gasteiger partial charge in [-0.25, -0.2) is 9.67 Å². The summed E-state index contributed by atoms with van der Waals surface area (Å²) in [6.07, 6.45) is 4.89. The van der Waals surface area contributed by atoms with Crippen LogP contribution < -0.4 is 5.32 Å². The summed E-state index contributed by atoms with van der Waals surface area (Å²) in [7, 11) is 0. The summed E-state index contributed by atoms with van der Waals surface area (Å²) >= 11 is 0. The number of hydrogen-bond acceptors (Lipinski definition) is 5. The molecule has 8 nitrogen and oxygen atoms in total. The van der Waals surface area contributed by atoms with Crippen molar-refractivity contribution in [2.75, 3.05) is 6.54 Å². The molecule has 0 atom stereocenters. The molecular weight excluding hydrogens is 360 g/mol. The molecule has 8 heteroatoms. The number of carboxylic acids is 1. The van der Waals surface area contributed by atoms with Crippen LogP contribution in [0.15, 0.2) is 55.0 Å². The molecule has 0 saturated carbocycles. The van der Waals surface area contributed by atoms with Gasteiger partial charge in [-0.05, 0) is 32.0 Å². The molecule has 0 aliphatic heterocycles. The average Bonchev–Trinajstić information content (AvgIpc) is 3.17. The summed E-state index contributed by atoms with van der Waals surface area (Å²) in [6.45, 7) is 2.90. The normalized spacial score (nSPS) is 11.2. The molecule has 0 radical (unpaired) electrons. The van der Waals surface area contributed by atoms with Crippen LogP contribution in [0.3, 0.4) is 0 Å². The number of benzene rings is 1. The minimum Gasteiger partial charge on any atom is -0.505 e. The first-order chi connectivity index (χ1) is 13.3. The van der Waals surface area contributed by atoms with Crippen LogP contribution in [0.1, 0.15) is 24.3 Å². The molecule has 0 aliphatic carbocycles. The van der Waals surface area contributed by atoms with Crippen molar-refractivity contribution in [3.05, 3.63) is 60.7 Å². The minimum atomic E-state index is -1.13. The Bertz CT molecular complexity index is 1010. The van der Waals surface area contributed by atoms with Gasteiger partial charge in [0.25, 0.3) is 5.91 Å². The second-order valence-electron chi connectivity index (χ2n) is 6.97. The molecule has 0 aliphatic rings. The summed E-state index contributed by atoms with van der Waals surface area (Å²) < 4.78 is 1.70. The maximum Gasteiger partial charge on any atom is 0.310 e. The number of aromatic nitrogens is 3. The molecule has 3 N–H and O–H groups in total. The fraction of sp³-hybridized carbons (Fsp3) is 0.200. The molecule has 28 heavy (non-hydrogen) atoms. The first kappa shape index (κ1) is 19.1. The lowest BCUT2D eigenvalue weighted by atomic mass is 9.94. The predicted molar refractivity (Wildman–Crippen MR) is 102 cm³/mol. The number of hydrogen-bond donors (Lipinski definition) is 3. The molecule has 2 heterocycles. The van der Waals surface area contributed by atoms with E-state index in [1.54, 1.807) is 17.1 Å². The van der Waals surface area contributed by atoms with Gasteiger partial charge in [-0.1, -0.05) is 18.2 Å². The van der Waals surface area contributed by atoms with E-state index in [0.29, 0.717) is 5.56 Å². The summed E-state index contributed by atoms with van der Waals surface area (Å²) in [5.74, 6) is -1.97. The summed E-state index contributed by atoms with van der Waals surface area (Å²) in [5, 5.41) is 26.1. The summed E-state index contributed by atoms with van der Waals surface area (Å²) in [5.41, 5.74) is 0.924. The van der Waals surface area contributed by atoms with Crippen LogP contribution in [0.4, 0.5) is 0 Å². The van der Waals surface area contributed by atoms with Gasteiger partial charge in [0.2, 0.25) is 0 Å². The molecular formula is C20H20N4O4. The van der Waals surface area contributed by atoms with Crippen LogP contribution in [0.5, 0.6) is 5.75 Å². The van der Waals surface area contributed by atoms with Crippen molar-refractivity contribution in [1.82, 2.24) is 20.1 Å². The number of carbonyl (C=O) groups excluding carboxylic acids is 1. The van der Waals surface area contributed by atoms with Crippen molar-refractivity contribution in [1.29, 1.82) is 0 Å².